The first-order valence-electron chi connectivity index (χ1n) is 34.7. The Morgan fingerprint density at radius 2 is 0.481 bits per heavy atom. The van der Waals surface area contributed by atoms with Gasteiger partial charge in [0.2, 0.25) is 0 Å². The lowest BCUT2D eigenvalue weighted by Crippen LogP contribution is -2.30. The third kappa shape index (κ3) is 67.0. The van der Waals surface area contributed by atoms with Crippen LogP contribution in [0.5, 0.6) is 0 Å². The van der Waals surface area contributed by atoms with Crippen molar-refractivity contribution in [1.29, 1.82) is 0 Å². The average Bonchev–Trinajstić information content (AvgIpc) is 3.47. The molecule has 0 aliphatic carbocycles. The van der Waals surface area contributed by atoms with E-state index >= 15 is 0 Å². The molecular formula is C75H130O6. The summed E-state index contributed by atoms with van der Waals surface area (Å²) in [5, 5.41) is 0. The molecule has 0 aromatic carbocycles. The highest BCUT2D eigenvalue weighted by molar-refractivity contribution is 5.71. The Morgan fingerprint density at radius 1 is 0.259 bits per heavy atom. The van der Waals surface area contributed by atoms with E-state index in [9.17, 15) is 14.4 Å². The van der Waals surface area contributed by atoms with Gasteiger partial charge in [0.25, 0.3) is 0 Å². The molecule has 6 heteroatoms. The molecule has 0 fully saturated rings. The van der Waals surface area contributed by atoms with Crippen LogP contribution in [0.1, 0.15) is 342 Å². The fourth-order valence-electron chi connectivity index (χ4n) is 9.93. The van der Waals surface area contributed by atoms with Gasteiger partial charge in [-0.15, -0.1) is 0 Å². The minimum absolute atomic E-state index is 0.0827. The summed E-state index contributed by atoms with van der Waals surface area (Å²) in [7, 11) is 0. The molecular weight excluding hydrogens is 997 g/mol. The van der Waals surface area contributed by atoms with Crippen LogP contribution in [0.25, 0.3) is 0 Å². The first-order chi connectivity index (χ1) is 40.0. The maximum atomic E-state index is 12.9. The zero-order chi connectivity index (χ0) is 58.5. The number of hydrogen-bond donors (Lipinski definition) is 0. The summed E-state index contributed by atoms with van der Waals surface area (Å²) in [6, 6.07) is 0. The molecule has 1 unspecified atom stereocenters. The molecule has 6 nitrogen and oxygen atoms in total. The van der Waals surface area contributed by atoms with Crippen LogP contribution < -0.4 is 0 Å². The Balaban J connectivity index is 4.14. The van der Waals surface area contributed by atoms with E-state index in [0.717, 1.165) is 122 Å². The van der Waals surface area contributed by atoms with E-state index in [1.165, 1.54) is 180 Å². The highest BCUT2D eigenvalue weighted by Crippen LogP contribution is 2.18. The lowest BCUT2D eigenvalue weighted by molar-refractivity contribution is -0.167. The van der Waals surface area contributed by atoms with Crippen molar-refractivity contribution in [2.75, 3.05) is 13.2 Å². The third-order valence-electron chi connectivity index (χ3n) is 15.1. The van der Waals surface area contributed by atoms with E-state index < -0.39 is 6.10 Å². The summed E-state index contributed by atoms with van der Waals surface area (Å²) < 4.78 is 16.9. The molecule has 0 rings (SSSR count). The number of ether oxygens (including phenoxy) is 3. The molecule has 0 aromatic rings. The van der Waals surface area contributed by atoms with Crippen LogP contribution in [0.15, 0.2) is 97.2 Å². The minimum Gasteiger partial charge on any atom is -0.462 e. The summed E-state index contributed by atoms with van der Waals surface area (Å²) >= 11 is 0. The molecule has 0 aliphatic heterocycles. The standard InChI is InChI=1S/C75H130O6/c1-4-7-10-13-16-18-20-22-24-26-28-30-32-34-36-37-39-40-42-44-46-48-50-52-54-56-59-62-65-68-74(77)80-71-72(70-79-73(76)67-64-61-58-15-12-9-6-3)81-75(78)69-66-63-60-57-55-53-51-49-47-45-43-41-38-35-33-31-29-27-25-23-21-19-17-14-11-8-5-2/h7,10,16,18,22,24,28,30,34,36,39-40,44,46,50,52,72H,4-6,8-9,11-15,17,19-21,23,25-27,29,31-33,35,37-38,41-43,45,47-49,51,53-71H2,1-3H3/b10-7-,18-16-,24-22-,30-28-,36-34-,40-39-,46-44-,52-50-. The molecule has 1 atom stereocenters. The number of hydrogen-bond acceptors (Lipinski definition) is 6. The van der Waals surface area contributed by atoms with E-state index in [-0.39, 0.29) is 31.1 Å². The highest BCUT2D eigenvalue weighted by atomic mass is 16.6. The van der Waals surface area contributed by atoms with Gasteiger partial charge in [-0.3, -0.25) is 14.4 Å². The Kier molecular flexibility index (Phi) is 65.7. The van der Waals surface area contributed by atoms with Gasteiger partial charge in [-0.2, -0.15) is 0 Å². The van der Waals surface area contributed by atoms with Crippen molar-refractivity contribution in [3.63, 3.8) is 0 Å². The first-order valence-corrected chi connectivity index (χ1v) is 34.7. The Morgan fingerprint density at radius 3 is 0.753 bits per heavy atom. The molecule has 0 aromatic heterocycles. The Hall–Kier alpha value is -3.67. The largest absolute Gasteiger partial charge is 0.462 e. The topological polar surface area (TPSA) is 78.9 Å². The normalized spacial score (nSPS) is 12.7. The van der Waals surface area contributed by atoms with E-state index in [2.05, 4.69) is 118 Å². The second-order valence-corrected chi connectivity index (χ2v) is 23.1. The molecule has 0 saturated carbocycles. The van der Waals surface area contributed by atoms with Crippen LogP contribution in [-0.2, 0) is 28.6 Å². The molecule has 0 heterocycles. The van der Waals surface area contributed by atoms with Crippen LogP contribution in [0, 0.1) is 0 Å². The minimum atomic E-state index is -0.785. The van der Waals surface area contributed by atoms with Gasteiger partial charge in [0, 0.05) is 19.3 Å². The number of carbonyl (C=O) groups excluding carboxylic acids is 3. The summed E-state index contributed by atoms with van der Waals surface area (Å²) in [5.41, 5.74) is 0. The van der Waals surface area contributed by atoms with Crippen LogP contribution in [0.2, 0.25) is 0 Å². The number of unbranched alkanes of at least 4 members (excludes halogenated alkanes) is 36. The van der Waals surface area contributed by atoms with Gasteiger partial charge >= 0.3 is 17.9 Å². The summed E-state index contributed by atoms with van der Waals surface area (Å²) in [6.45, 7) is 6.50. The van der Waals surface area contributed by atoms with Crippen molar-refractivity contribution < 1.29 is 28.6 Å². The van der Waals surface area contributed by atoms with Crippen molar-refractivity contribution in [1.82, 2.24) is 0 Å². The second-order valence-electron chi connectivity index (χ2n) is 23.1. The number of rotatable bonds is 63. The number of esters is 3. The monoisotopic (exact) mass is 1130 g/mol. The molecule has 0 saturated heterocycles. The van der Waals surface area contributed by atoms with Crippen LogP contribution in [-0.4, -0.2) is 37.2 Å². The first kappa shape index (κ1) is 77.3. The molecule has 0 radical (unpaired) electrons. The fourth-order valence-corrected chi connectivity index (χ4v) is 9.93. The molecule has 0 bridgehead atoms. The average molecular weight is 1130 g/mol. The number of allylic oxidation sites excluding steroid dienone is 16. The van der Waals surface area contributed by atoms with Crippen molar-refractivity contribution in [2.24, 2.45) is 0 Å². The molecule has 466 valence electrons. The van der Waals surface area contributed by atoms with Crippen LogP contribution >= 0.6 is 0 Å². The Labute approximate surface area is 502 Å². The summed E-state index contributed by atoms with van der Waals surface area (Å²) in [5.74, 6) is -0.902. The van der Waals surface area contributed by atoms with Gasteiger partial charge in [-0.1, -0.05) is 336 Å². The second kappa shape index (κ2) is 68.8. The van der Waals surface area contributed by atoms with Gasteiger partial charge in [0.1, 0.15) is 13.2 Å². The van der Waals surface area contributed by atoms with E-state index in [0.29, 0.717) is 19.3 Å². The highest BCUT2D eigenvalue weighted by Gasteiger charge is 2.19. The number of carbonyl (C=O) groups is 3. The molecule has 0 amide bonds. The lowest BCUT2D eigenvalue weighted by Gasteiger charge is -2.18. The zero-order valence-corrected chi connectivity index (χ0v) is 53.5. The SMILES string of the molecule is CC/C=C\C/C=C\C/C=C\C/C=C\C/C=C\C/C=C\C/C=C\C/C=C\CCCCCCC(=O)OCC(COC(=O)CCCCCCCCC)OC(=O)CCCCCCCCCCCCCCCCCCCCCCCCCCCCC. The smallest absolute Gasteiger partial charge is 0.306 e. The molecule has 81 heavy (non-hydrogen) atoms. The maximum absolute atomic E-state index is 12.9. The zero-order valence-electron chi connectivity index (χ0n) is 53.5. The van der Waals surface area contributed by atoms with Crippen LogP contribution in [0.4, 0.5) is 0 Å². The van der Waals surface area contributed by atoms with Gasteiger partial charge in [-0.05, 0) is 83.5 Å². The maximum Gasteiger partial charge on any atom is 0.306 e. The molecule has 0 N–H and O–H groups in total. The van der Waals surface area contributed by atoms with Crippen molar-refractivity contribution in [3.05, 3.63) is 97.2 Å². The summed E-state index contributed by atoms with van der Waals surface area (Å²) in [6.07, 6.45) is 93.2. The van der Waals surface area contributed by atoms with Gasteiger partial charge in [0.15, 0.2) is 6.10 Å². The third-order valence-corrected chi connectivity index (χ3v) is 15.1. The van der Waals surface area contributed by atoms with Gasteiger partial charge in [0.05, 0.1) is 0 Å². The van der Waals surface area contributed by atoms with E-state index in [1.54, 1.807) is 0 Å². The van der Waals surface area contributed by atoms with Crippen molar-refractivity contribution >= 4 is 17.9 Å². The quantitative estimate of drug-likeness (QED) is 0.0261. The predicted molar refractivity (Wildman–Crippen MR) is 353 cm³/mol. The fraction of sp³-hybridized carbons (Fsp3) is 0.747. The molecule has 0 spiro atoms. The van der Waals surface area contributed by atoms with Gasteiger partial charge in [-0.25, -0.2) is 0 Å². The Bertz CT molecular complexity index is 1580. The van der Waals surface area contributed by atoms with Crippen molar-refractivity contribution in [2.45, 2.75) is 348 Å². The van der Waals surface area contributed by atoms with E-state index in [4.69, 9.17) is 14.2 Å². The lowest BCUT2D eigenvalue weighted by atomic mass is 10.0. The van der Waals surface area contributed by atoms with Crippen molar-refractivity contribution in [3.8, 4) is 0 Å². The molecule has 0 aliphatic rings. The van der Waals surface area contributed by atoms with E-state index in [1.807, 2.05) is 0 Å². The summed E-state index contributed by atoms with van der Waals surface area (Å²) in [4.78, 5) is 38.2. The van der Waals surface area contributed by atoms with Crippen LogP contribution in [0.3, 0.4) is 0 Å². The predicted octanol–water partition coefficient (Wildman–Crippen LogP) is 24.0. The van der Waals surface area contributed by atoms with Gasteiger partial charge < -0.3 is 14.2 Å².